The first-order valence-electron chi connectivity index (χ1n) is 24.8. The second-order valence-corrected chi connectivity index (χ2v) is 20.8. The highest BCUT2D eigenvalue weighted by molar-refractivity contribution is 5.98. The lowest BCUT2D eigenvalue weighted by Gasteiger charge is -2.17. The molecule has 0 saturated heterocycles. The Labute approximate surface area is 425 Å². The second kappa shape index (κ2) is 22.3. The van der Waals surface area contributed by atoms with Gasteiger partial charge in [-0.1, -0.05) is 18.1 Å². The molecule has 0 aromatic carbocycles. The van der Waals surface area contributed by atoms with Crippen LogP contribution in [-0.4, -0.2) is 93.8 Å². The molecule has 3 aliphatic rings. The summed E-state index contributed by atoms with van der Waals surface area (Å²) >= 11 is 0. The number of anilines is 4. The topological polar surface area (TPSA) is 250 Å². The second-order valence-electron chi connectivity index (χ2n) is 20.8. The molecule has 20 heteroatoms. The van der Waals surface area contributed by atoms with Crippen LogP contribution >= 0.6 is 0 Å². The number of aryl methyl sites for hydroxylation is 4. The number of nitrogens with two attached hydrogens (primary N) is 1. The van der Waals surface area contributed by atoms with Crippen LogP contribution in [0.2, 0.25) is 0 Å². The molecule has 0 spiro atoms. The lowest BCUT2D eigenvalue weighted by molar-refractivity contribution is -0.600. The first-order chi connectivity index (χ1) is 34.9. The van der Waals surface area contributed by atoms with Crippen molar-refractivity contribution < 1.29 is 19.4 Å². The van der Waals surface area contributed by atoms with E-state index in [1.54, 1.807) is 38.8 Å². The van der Waals surface area contributed by atoms with E-state index in [2.05, 4.69) is 89.3 Å². The van der Waals surface area contributed by atoms with Gasteiger partial charge in [0.05, 0.1) is 52.0 Å². The van der Waals surface area contributed by atoms with Gasteiger partial charge in [-0.3, -0.25) is 24.1 Å². The third kappa shape index (κ3) is 13.4. The Bertz CT molecular complexity index is 3120. The summed E-state index contributed by atoms with van der Waals surface area (Å²) in [7, 11) is 3.77. The van der Waals surface area contributed by atoms with Gasteiger partial charge in [0.2, 0.25) is 0 Å². The minimum Gasteiger partial charge on any atom is -0.476 e. The summed E-state index contributed by atoms with van der Waals surface area (Å²) in [5.41, 5.74) is 16.6. The lowest BCUT2D eigenvalue weighted by atomic mass is 9.88. The SMILES string of the molecule is CC(C)(C)n1cc(C(=O)O)nn1.Cn1cc(Nc2cc(-c3cc4c(cn3)C(CC(=O)C3C=[N+](C(C)(C)C)N=N3)CCCC4)ccn2)cn1.Cn1cc(Nc2cc(-c3cc4c(cn3)C(N)CCCC4)ccn2)cn1. The zero-order valence-electron chi connectivity index (χ0n) is 42.9. The van der Waals surface area contributed by atoms with E-state index in [4.69, 9.17) is 15.8 Å². The van der Waals surface area contributed by atoms with Crippen molar-refractivity contribution >= 4 is 41.0 Å². The highest BCUT2D eigenvalue weighted by Crippen LogP contribution is 2.36. The van der Waals surface area contributed by atoms with Gasteiger partial charge >= 0.3 is 5.97 Å². The van der Waals surface area contributed by atoms with Crippen molar-refractivity contribution in [3.8, 4) is 22.5 Å². The Balaban J connectivity index is 0.000000165. The minimum absolute atomic E-state index is 0.0232. The van der Waals surface area contributed by atoms with E-state index in [1.807, 2.05) is 90.1 Å². The Kier molecular flexibility index (Phi) is 15.7. The van der Waals surface area contributed by atoms with Gasteiger partial charge in [0, 0.05) is 74.9 Å². The summed E-state index contributed by atoms with van der Waals surface area (Å²) in [5, 5.41) is 39.1. The summed E-state index contributed by atoms with van der Waals surface area (Å²) in [6, 6.07) is 12.0. The van der Waals surface area contributed by atoms with E-state index in [9.17, 15) is 9.59 Å². The molecule has 0 radical (unpaired) electrons. The smallest absolute Gasteiger partial charge is 0.358 e. The maximum atomic E-state index is 13.1. The van der Waals surface area contributed by atoms with Gasteiger partial charge in [-0.2, -0.15) is 10.2 Å². The van der Waals surface area contributed by atoms with Crippen LogP contribution in [0.3, 0.4) is 0 Å². The molecule has 5 N–H and O–H groups in total. The highest BCUT2D eigenvalue weighted by Gasteiger charge is 2.36. The molecule has 7 aromatic rings. The number of hydrogen-bond acceptors (Lipinski definition) is 15. The molecule has 20 nitrogen and oxygen atoms in total. The quantitative estimate of drug-likeness (QED) is 0.0737. The van der Waals surface area contributed by atoms with Gasteiger partial charge in [-0.25, -0.2) is 19.4 Å². The molecule has 1 aliphatic heterocycles. The zero-order chi connectivity index (χ0) is 51.9. The van der Waals surface area contributed by atoms with Crippen LogP contribution in [0.1, 0.15) is 131 Å². The normalized spacial score (nSPS) is 17.3. The van der Waals surface area contributed by atoms with Crippen LogP contribution in [0, 0.1) is 0 Å². The molecule has 8 heterocycles. The van der Waals surface area contributed by atoms with Gasteiger partial charge < -0.3 is 21.5 Å². The number of pyridine rings is 4. The number of Topliss-reactive ketones (excluding diaryl/α,β-unsaturated/α-hetero) is 1. The molecule has 7 aromatic heterocycles. The number of aromatic nitrogens is 11. The van der Waals surface area contributed by atoms with Crippen LogP contribution in [0.4, 0.5) is 23.0 Å². The number of carbonyl (C=O) groups is 2. The Hall–Kier alpha value is -7.87. The number of carboxylic acids is 1. The largest absolute Gasteiger partial charge is 0.476 e. The number of hydrogen-bond donors (Lipinski definition) is 4. The molecule has 0 bridgehead atoms. The average molecular weight is 989 g/mol. The van der Waals surface area contributed by atoms with Gasteiger partial charge in [0.25, 0.3) is 6.04 Å². The van der Waals surface area contributed by atoms with Crippen molar-refractivity contribution in [3.05, 3.63) is 120 Å². The zero-order valence-corrected chi connectivity index (χ0v) is 42.9. The van der Waals surface area contributed by atoms with Crippen LogP contribution in [-0.2, 0) is 37.3 Å². The molecule has 73 heavy (non-hydrogen) atoms. The van der Waals surface area contributed by atoms with Crippen LogP contribution in [0.15, 0.2) is 103 Å². The fourth-order valence-corrected chi connectivity index (χ4v) is 8.82. The van der Waals surface area contributed by atoms with Gasteiger partial charge in [-0.15, -0.1) is 9.78 Å². The van der Waals surface area contributed by atoms with E-state index < -0.39 is 12.0 Å². The van der Waals surface area contributed by atoms with Crippen molar-refractivity contribution in [2.45, 2.75) is 128 Å². The van der Waals surface area contributed by atoms with E-state index in [0.717, 1.165) is 84.1 Å². The van der Waals surface area contributed by atoms with E-state index >= 15 is 0 Å². The number of carboxylic acid groups (broad SMARTS) is 1. The predicted octanol–water partition coefficient (Wildman–Crippen LogP) is 9.10. The van der Waals surface area contributed by atoms with Gasteiger partial charge in [0.1, 0.15) is 22.4 Å². The predicted molar refractivity (Wildman–Crippen MR) is 279 cm³/mol. The maximum absolute atomic E-state index is 13.1. The van der Waals surface area contributed by atoms with Crippen molar-refractivity contribution in [3.63, 3.8) is 0 Å². The van der Waals surface area contributed by atoms with Crippen LogP contribution in [0.25, 0.3) is 22.5 Å². The van der Waals surface area contributed by atoms with Crippen molar-refractivity contribution in [1.29, 1.82) is 0 Å². The number of ketones is 1. The van der Waals surface area contributed by atoms with Gasteiger partial charge in [0.15, 0.2) is 17.7 Å². The maximum Gasteiger partial charge on any atom is 0.358 e. The Morgan fingerprint density at radius 2 is 1.30 bits per heavy atom. The minimum atomic E-state index is -1.05. The molecule has 380 valence electrons. The number of rotatable bonds is 10. The average Bonchev–Trinajstić information content (AvgIpc) is 4.18. The van der Waals surface area contributed by atoms with Crippen LogP contribution < -0.4 is 16.4 Å². The number of carbonyl (C=O) groups excluding carboxylic acids is 1. The van der Waals surface area contributed by atoms with Crippen molar-refractivity contribution in [2.75, 3.05) is 10.6 Å². The molecule has 0 fully saturated rings. The fraction of sp³-hybridized carbons (Fsp3) is 0.415. The summed E-state index contributed by atoms with van der Waals surface area (Å²) in [5.74, 6) is 0.744. The summed E-state index contributed by atoms with van der Waals surface area (Å²) in [6.07, 6.45) is 27.3. The Morgan fingerprint density at radius 1 is 0.740 bits per heavy atom. The number of aromatic carboxylic acids is 1. The van der Waals surface area contributed by atoms with Gasteiger partial charge in [-0.05, 0) is 145 Å². The monoisotopic (exact) mass is 989 g/mol. The fourth-order valence-electron chi connectivity index (χ4n) is 8.82. The third-order valence-electron chi connectivity index (χ3n) is 12.8. The molecule has 0 amide bonds. The number of fused-ring (bicyclic) bond motifs is 2. The first-order valence-corrected chi connectivity index (χ1v) is 24.8. The third-order valence-corrected chi connectivity index (χ3v) is 12.8. The standard InChI is InChI=1S/C27H33N8O.C19H22N6.C7H11N3O2/c1-27(2,3)35-17-24(32-33-35)25(36)12-19-8-6-5-7-18-11-23(29-15-22(18)19)20-9-10-28-26(13-20)31-21-14-30-34(4)16-21;1-25-12-15(10-23-25)24-19-9-14(6-7-21-19)18-8-13-4-2-3-5-17(20)16(13)11-22-18;1-7(2,3)10-4-5(6(11)12)8-9-10/h9-11,13-17,19,24H,5-8,12H2,1-4H3,(H,28,31);6-12,17H,2-5,20H2,1H3,(H,21,24);4H,1-3H3,(H,11,12)/q+1;;. The molecule has 10 rings (SSSR count). The number of nitrogens with one attached hydrogen (secondary N) is 2. The molecule has 3 atom stereocenters. The van der Waals surface area contributed by atoms with E-state index in [-0.39, 0.29) is 34.5 Å². The Morgan fingerprint density at radius 3 is 1.79 bits per heavy atom. The van der Waals surface area contributed by atoms with Crippen molar-refractivity contribution in [1.82, 2.24) is 54.5 Å². The number of nitrogens with zero attached hydrogens (tertiary/aromatic N) is 14. The summed E-state index contributed by atoms with van der Waals surface area (Å²) in [6.45, 7) is 11.9. The summed E-state index contributed by atoms with van der Waals surface area (Å²) in [4.78, 5) is 41.9. The lowest BCUT2D eigenvalue weighted by Crippen LogP contribution is -2.31. The van der Waals surface area contributed by atoms with E-state index in [1.165, 1.54) is 46.0 Å². The highest BCUT2D eigenvalue weighted by atomic mass is 16.4. The molecule has 2 aliphatic carbocycles. The summed E-state index contributed by atoms with van der Waals surface area (Å²) < 4.78 is 6.81. The van der Waals surface area contributed by atoms with Crippen molar-refractivity contribution in [2.24, 2.45) is 30.2 Å². The molecular formula is C53H66N17O3+. The van der Waals surface area contributed by atoms with Crippen LogP contribution in [0.5, 0.6) is 0 Å². The van der Waals surface area contributed by atoms with E-state index in [0.29, 0.717) is 6.42 Å². The first kappa shape index (κ1) is 51.5. The molecular weight excluding hydrogens is 923 g/mol. The molecule has 3 unspecified atom stereocenters. The molecule has 0 saturated carbocycles.